The Hall–Kier alpha value is -1.34. The summed E-state index contributed by atoms with van der Waals surface area (Å²) in [6, 6.07) is 0. The lowest BCUT2D eigenvalue weighted by Gasteiger charge is -2.67. The van der Waals surface area contributed by atoms with Gasteiger partial charge in [0.1, 0.15) is 104 Å². The molecule has 0 aromatic rings. The van der Waals surface area contributed by atoms with Crippen molar-refractivity contribution in [2.24, 2.45) is 51.2 Å². The van der Waals surface area contributed by atoms with Gasteiger partial charge >= 0.3 is 0 Å². The molecule has 5 aliphatic heterocycles. The molecule has 9 rings (SSSR count). The Morgan fingerprint density at radius 1 is 0.562 bits per heavy atom. The molecule has 9 aliphatic rings. The number of ether oxygens (including phenoxy) is 10. The van der Waals surface area contributed by atoms with E-state index in [0.29, 0.717) is 32.1 Å². The molecule has 516 valence electrons. The summed E-state index contributed by atoms with van der Waals surface area (Å²) < 4.78 is 60.2. The van der Waals surface area contributed by atoms with Crippen molar-refractivity contribution >= 4 is 0 Å². The molecule has 0 aromatic carbocycles. The van der Waals surface area contributed by atoms with Gasteiger partial charge in [-0.15, -0.1) is 0 Å². The fourth-order valence-electron chi connectivity index (χ4n) is 17.4. The zero-order valence-electron chi connectivity index (χ0n) is 52.9. The summed E-state index contributed by atoms with van der Waals surface area (Å²) >= 11 is 0. The van der Waals surface area contributed by atoms with E-state index in [1.165, 1.54) is 0 Å². The van der Waals surface area contributed by atoms with Crippen molar-refractivity contribution in [2.45, 2.75) is 298 Å². The molecule has 0 bridgehead atoms. The summed E-state index contributed by atoms with van der Waals surface area (Å²) in [5, 5.41) is 186. The lowest BCUT2D eigenvalue weighted by Crippen LogP contribution is -2.65. The van der Waals surface area contributed by atoms with Crippen molar-refractivity contribution < 1.29 is 134 Å². The van der Waals surface area contributed by atoms with Crippen LogP contribution in [0.15, 0.2) is 11.6 Å². The normalized spacial score (nSPS) is 51.8. The molecule has 4 aliphatic carbocycles. The Morgan fingerprint density at radius 3 is 1.66 bits per heavy atom. The number of aliphatic hydroxyl groups excluding tert-OH is 16. The first-order chi connectivity index (χ1) is 41.6. The number of hydrogen-bond donors (Lipinski definition) is 17. The van der Waals surface area contributed by atoms with Gasteiger partial charge in [0.2, 0.25) is 0 Å². The summed E-state index contributed by atoms with van der Waals surface area (Å²) in [5.41, 5.74) is -2.22. The summed E-state index contributed by atoms with van der Waals surface area (Å²) in [7, 11) is 0. The molecule has 27 heteroatoms. The Morgan fingerprint density at radius 2 is 1.07 bits per heavy atom. The summed E-state index contributed by atoms with van der Waals surface area (Å²) in [6.07, 6.45) is -31.5. The molecule has 17 N–H and O–H groups in total. The van der Waals surface area contributed by atoms with Crippen LogP contribution in [0, 0.1) is 51.2 Å². The van der Waals surface area contributed by atoms with Crippen molar-refractivity contribution in [2.75, 3.05) is 26.4 Å². The second-order valence-corrected chi connectivity index (χ2v) is 29.3. The Bertz CT molecular complexity index is 2340. The molecule has 0 radical (unpaired) electrons. The van der Waals surface area contributed by atoms with Crippen LogP contribution in [0.3, 0.4) is 0 Å². The lowest BCUT2D eigenvalue weighted by atomic mass is 9.38. The zero-order chi connectivity index (χ0) is 65.5. The van der Waals surface area contributed by atoms with E-state index in [0.717, 1.165) is 18.4 Å². The van der Waals surface area contributed by atoms with Crippen LogP contribution in [-0.2, 0) is 47.4 Å². The average molecular weight is 1280 g/mol. The van der Waals surface area contributed by atoms with Gasteiger partial charge in [-0.3, -0.25) is 0 Å². The summed E-state index contributed by atoms with van der Waals surface area (Å²) in [4.78, 5) is 0. The monoisotopic (exact) mass is 1280 g/mol. The second-order valence-electron chi connectivity index (χ2n) is 29.3. The molecule has 35 atom stereocenters. The van der Waals surface area contributed by atoms with Gasteiger partial charge in [-0.25, -0.2) is 0 Å². The summed E-state index contributed by atoms with van der Waals surface area (Å²) in [6.45, 7) is 17.2. The smallest absolute Gasteiger partial charge is 0.187 e. The molecule has 3 unspecified atom stereocenters. The van der Waals surface area contributed by atoms with Crippen LogP contribution >= 0.6 is 0 Å². The number of rotatable bonds is 20. The summed E-state index contributed by atoms with van der Waals surface area (Å²) in [5.74, 6) is -0.638. The number of aliphatic hydroxyl groups is 17. The van der Waals surface area contributed by atoms with E-state index >= 15 is 0 Å². The van der Waals surface area contributed by atoms with Gasteiger partial charge < -0.3 is 134 Å². The Kier molecular flexibility index (Phi) is 22.3. The van der Waals surface area contributed by atoms with Crippen LogP contribution in [0.5, 0.6) is 0 Å². The predicted octanol–water partition coefficient (Wildman–Crippen LogP) is -2.71. The molecule has 89 heavy (non-hydrogen) atoms. The minimum absolute atomic E-state index is 0.0268. The third-order valence-corrected chi connectivity index (χ3v) is 23.5. The Balaban J connectivity index is 0.865. The highest BCUT2D eigenvalue weighted by Gasteiger charge is 2.70. The molecule has 0 spiro atoms. The second kappa shape index (κ2) is 27.6. The van der Waals surface area contributed by atoms with Crippen LogP contribution in [0.25, 0.3) is 0 Å². The largest absolute Gasteiger partial charge is 0.394 e. The quantitative estimate of drug-likeness (QED) is 0.0551. The molecule has 5 saturated heterocycles. The van der Waals surface area contributed by atoms with Crippen LogP contribution in [-0.4, -0.2) is 285 Å². The first kappa shape index (κ1) is 71.9. The maximum Gasteiger partial charge on any atom is 0.187 e. The van der Waals surface area contributed by atoms with Gasteiger partial charge in [-0.05, 0) is 106 Å². The van der Waals surface area contributed by atoms with Gasteiger partial charge in [0.15, 0.2) is 31.5 Å². The van der Waals surface area contributed by atoms with Crippen molar-refractivity contribution in [1.29, 1.82) is 0 Å². The third-order valence-electron chi connectivity index (χ3n) is 23.5. The van der Waals surface area contributed by atoms with Gasteiger partial charge in [-0.2, -0.15) is 0 Å². The zero-order valence-corrected chi connectivity index (χ0v) is 52.9. The standard InChI is InChI=1S/C62H106O27/c1-11-30-41(68)44(71)50(77)57(82-30)89-52-34(24-81-53-40(67)26(3)39(66)31(21-63)83-53)86-56(51(78)47(52)74)88-38(59(6,7)79)16-12-25(2)27-18-19-60(8)35-15-13-28-29(62(35,10)36(65)20-61(27,60)9)14-17-37(58(28,4)5)87-55-49(76)46(73)43(70)33(85-55)23-80-54-48(75)45(72)42(69)32(22-64)84-54/h13,25-27,29-57,63-79H,11-12,14-24H2,1-10H3/t25-,26+,27?,29?,30+,31-,32-,33-,34-,35?,36-,37+,38-,39+,40-,41+,42-,43-,44-,45+,46+,47-,48-,49-,50+,51-,52-,53-,54-,55+,56+,57-,60+,61-,62+/m1/s1. The molecule has 27 nitrogen and oxygen atoms in total. The van der Waals surface area contributed by atoms with Gasteiger partial charge in [-0.1, -0.05) is 67.0 Å². The van der Waals surface area contributed by atoms with Crippen LogP contribution in [0.2, 0.25) is 0 Å². The van der Waals surface area contributed by atoms with Crippen LogP contribution < -0.4 is 0 Å². The van der Waals surface area contributed by atoms with Gasteiger partial charge in [0.25, 0.3) is 0 Å². The minimum Gasteiger partial charge on any atom is -0.394 e. The molecule has 0 amide bonds. The van der Waals surface area contributed by atoms with E-state index in [4.69, 9.17) is 47.4 Å². The highest BCUT2D eigenvalue weighted by Crippen LogP contribution is 2.75. The third kappa shape index (κ3) is 13.1. The average Bonchev–Trinajstić information content (AvgIpc) is 1.67. The molecular formula is C62H106O27. The fraction of sp³-hybridized carbons (Fsp3) is 0.968. The first-order valence-electron chi connectivity index (χ1n) is 32.3. The van der Waals surface area contributed by atoms with Crippen LogP contribution in [0.4, 0.5) is 0 Å². The molecule has 3 saturated carbocycles. The first-order valence-corrected chi connectivity index (χ1v) is 32.3. The minimum atomic E-state index is -1.85. The highest BCUT2D eigenvalue weighted by atomic mass is 16.8. The van der Waals surface area contributed by atoms with E-state index < -0.39 is 215 Å². The highest BCUT2D eigenvalue weighted by molar-refractivity contribution is 5.32. The van der Waals surface area contributed by atoms with Crippen LogP contribution in [0.1, 0.15) is 127 Å². The van der Waals surface area contributed by atoms with Gasteiger partial charge in [0, 0.05) is 16.7 Å². The SMILES string of the molecule is CC[C@@H]1O[C@H](O[C@H]2[C@H](O)[C@@H](O)[C@H](O[C@H](CC[C@@H](C)C3CC[C@@]4(C)C5CC=C6C(CC[C@H](O[C@@H]7O[C@H](CO[C@@H]8O[C@H](CO)[C@@H](O)[C@H](O)[C@H]8O)[C@@H](O)[C@H](O)[C@H]7O)C6(C)C)[C@]5(C)[C@H](O)C[C@]34C)C(C)(C)O)O[C@@H]2CO[C@@H]2O[C@H](CO)[C@@H](O)[C@H](C)[C@H]2O)[C@@H](O)[C@H](O)[C@H]1O. The molecule has 5 heterocycles. The Labute approximate surface area is 520 Å². The van der Waals surface area contributed by atoms with Crippen molar-refractivity contribution in [3.8, 4) is 0 Å². The lowest BCUT2D eigenvalue weighted by molar-refractivity contribution is -0.372. The molecule has 0 aromatic heterocycles. The fourth-order valence-corrected chi connectivity index (χ4v) is 17.4. The number of allylic oxidation sites excluding steroid dienone is 1. The topological polar surface area (TPSA) is 436 Å². The van der Waals surface area contributed by atoms with E-state index in [1.54, 1.807) is 27.7 Å². The molecular weight excluding hydrogens is 1180 g/mol. The van der Waals surface area contributed by atoms with Gasteiger partial charge in [0.05, 0.1) is 62.5 Å². The van der Waals surface area contributed by atoms with E-state index in [9.17, 15) is 86.8 Å². The van der Waals surface area contributed by atoms with Crippen molar-refractivity contribution in [3.05, 3.63) is 11.6 Å². The van der Waals surface area contributed by atoms with E-state index in [-0.39, 0.29) is 47.3 Å². The van der Waals surface area contributed by atoms with E-state index in [2.05, 4.69) is 47.6 Å². The number of fused-ring (bicyclic) bond motifs is 5. The van der Waals surface area contributed by atoms with Crippen molar-refractivity contribution in [1.82, 2.24) is 0 Å². The number of hydrogen-bond acceptors (Lipinski definition) is 27. The predicted molar refractivity (Wildman–Crippen MR) is 307 cm³/mol. The maximum absolute atomic E-state index is 12.8. The van der Waals surface area contributed by atoms with Crippen molar-refractivity contribution in [3.63, 3.8) is 0 Å². The van der Waals surface area contributed by atoms with E-state index in [1.807, 2.05) is 0 Å². The molecule has 8 fully saturated rings. The maximum atomic E-state index is 12.8.